The van der Waals surface area contributed by atoms with Crippen LogP contribution in [-0.2, 0) is 34.2 Å². The normalized spacial score (nSPS) is 17.4. The van der Waals surface area contributed by atoms with E-state index in [0.717, 1.165) is 5.56 Å². The molecular weight excluding hydrogens is 614 g/mol. The first-order valence-electron chi connectivity index (χ1n) is 14.9. The number of methoxy groups -OCH3 is 1. The Morgan fingerprint density at radius 3 is 2.59 bits per heavy atom. The summed E-state index contributed by atoms with van der Waals surface area (Å²) in [7, 11) is -2.56. The maximum Gasteiger partial charge on any atom is 0.255 e. The van der Waals surface area contributed by atoms with Gasteiger partial charge in [0.2, 0.25) is 15.9 Å². The van der Waals surface area contributed by atoms with Crippen molar-refractivity contribution in [2.75, 3.05) is 33.4 Å². The van der Waals surface area contributed by atoms with E-state index >= 15 is 0 Å². The van der Waals surface area contributed by atoms with Crippen molar-refractivity contribution in [3.63, 3.8) is 0 Å². The third kappa shape index (κ3) is 7.54. The lowest BCUT2D eigenvalue weighted by atomic mass is 10.0. The first-order chi connectivity index (χ1) is 22.2. The lowest BCUT2D eigenvalue weighted by Crippen LogP contribution is -2.50. The maximum absolute atomic E-state index is 13.8. The number of fused-ring (bicyclic) bond motifs is 3. The SMILES string of the molecule is COc1cccc2c1OCCCn1cc(nn1)CCN(S(=O)(=O)c1c(C)noc1C)CCNC(=O)[C@H](Cc1ccccc1)NC2=O. The fourth-order valence-corrected chi connectivity index (χ4v) is 6.99. The Labute approximate surface area is 267 Å². The lowest BCUT2D eigenvalue weighted by molar-refractivity contribution is -0.123. The standard InChI is InChI=1S/C31H37N7O7S/c1-21-29(22(2)45-35-21)46(41,42)38-16-13-24-20-37(36-34-24)15-8-18-44-28-25(11-7-12-27(28)43-3)30(39)33-26(31(40)32-14-17-38)19-23-9-5-4-6-10-23/h4-7,9-12,20,26H,8,13-19H2,1-3H3,(H,32,40)(H,33,39)/t26-/m0/s1. The summed E-state index contributed by atoms with van der Waals surface area (Å²) in [5.41, 5.74) is 1.89. The molecule has 0 radical (unpaired) electrons. The Morgan fingerprint density at radius 2 is 1.85 bits per heavy atom. The summed E-state index contributed by atoms with van der Waals surface area (Å²) < 4.78 is 47.2. The molecule has 1 aliphatic rings. The number of amides is 2. The zero-order valence-electron chi connectivity index (χ0n) is 25.9. The number of carbonyl (C=O) groups is 2. The average Bonchev–Trinajstić information content (AvgIpc) is 3.65. The predicted molar refractivity (Wildman–Crippen MR) is 166 cm³/mol. The molecule has 14 nitrogen and oxygen atoms in total. The quantitative estimate of drug-likeness (QED) is 0.326. The summed E-state index contributed by atoms with van der Waals surface area (Å²) in [6.45, 7) is 3.82. The van der Waals surface area contributed by atoms with Gasteiger partial charge in [0, 0.05) is 51.6 Å². The fraction of sp³-hybridized carbons (Fsp3) is 0.387. The van der Waals surface area contributed by atoms with Crippen molar-refractivity contribution in [1.82, 2.24) is 35.1 Å². The molecule has 3 heterocycles. The summed E-state index contributed by atoms with van der Waals surface area (Å²) in [6.07, 6.45) is 2.78. The zero-order chi connectivity index (χ0) is 32.7. The number of aryl methyl sites for hydroxylation is 3. The Kier molecular flexibility index (Phi) is 10.3. The molecule has 2 aromatic heterocycles. The van der Waals surface area contributed by atoms with Crippen molar-refractivity contribution in [3.8, 4) is 11.5 Å². The molecule has 15 heteroatoms. The van der Waals surface area contributed by atoms with Crippen LogP contribution in [0.2, 0.25) is 0 Å². The van der Waals surface area contributed by atoms with Gasteiger partial charge in [-0.25, -0.2) is 8.42 Å². The van der Waals surface area contributed by atoms with Crippen molar-refractivity contribution in [2.45, 2.75) is 50.6 Å². The van der Waals surface area contributed by atoms with Crippen molar-refractivity contribution >= 4 is 21.8 Å². The Balaban J connectivity index is 1.45. The van der Waals surface area contributed by atoms with Crippen molar-refractivity contribution in [1.29, 1.82) is 0 Å². The molecule has 5 rings (SSSR count). The minimum atomic E-state index is -4.05. The third-order valence-electron chi connectivity index (χ3n) is 7.56. The van der Waals surface area contributed by atoms with E-state index in [9.17, 15) is 18.0 Å². The summed E-state index contributed by atoms with van der Waals surface area (Å²) in [5.74, 6) is -0.179. The van der Waals surface area contributed by atoms with Gasteiger partial charge in [0.05, 0.1) is 25.0 Å². The second-order valence-corrected chi connectivity index (χ2v) is 12.7. The molecule has 2 aromatic carbocycles. The first-order valence-corrected chi connectivity index (χ1v) is 16.4. The minimum absolute atomic E-state index is 0.0100. The molecule has 244 valence electrons. The average molecular weight is 652 g/mol. The van der Waals surface area contributed by atoms with E-state index in [1.807, 2.05) is 30.3 Å². The van der Waals surface area contributed by atoms with Gasteiger partial charge in [-0.15, -0.1) is 5.10 Å². The van der Waals surface area contributed by atoms with Crippen LogP contribution in [0.25, 0.3) is 0 Å². The molecule has 2 bridgehead atoms. The summed E-state index contributed by atoms with van der Waals surface area (Å²) in [4.78, 5) is 27.3. The second kappa shape index (κ2) is 14.6. The van der Waals surface area contributed by atoms with Gasteiger partial charge in [-0.1, -0.05) is 46.8 Å². The van der Waals surface area contributed by atoms with Gasteiger partial charge in [0.25, 0.3) is 5.91 Å². The summed E-state index contributed by atoms with van der Waals surface area (Å²) in [6, 6.07) is 13.3. The van der Waals surface area contributed by atoms with E-state index in [-0.39, 0.29) is 66.7 Å². The Hall–Kier alpha value is -4.76. The van der Waals surface area contributed by atoms with Gasteiger partial charge < -0.3 is 24.6 Å². The topological polar surface area (TPSA) is 171 Å². The van der Waals surface area contributed by atoms with Crippen LogP contribution in [0.15, 0.2) is 64.1 Å². The first kappa shape index (κ1) is 32.6. The van der Waals surface area contributed by atoms with Gasteiger partial charge in [0.1, 0.15) is 16.6 Å². The molecular formula is C31H37N7O7S. The Bertz CT molecular complexity index is 1750. The van der Waals surface area contributed by atoms with Gasteiger partial charge in [-0.3, -0.25) is 14.3 Å². The van der Waals surface area contributed by atoms with Crippen LogP contribution < -0.4 is 20.1 Å². The van der Waals surface area contributed by atoms with Gasteiger partial charge >= 0.3 is 0 Å². The molecule has 0 aliphatic carbocycles. The van der Waals surface area contributed by atoms with E-state index in [1.165, 1.54) is 11.4 Å². The molecule has 4 aromatic rings. The number of para-hydroxylation sites is 1. The number of nitrogens with one attached hydrogen (secondary N) is 2. The van der Waals surface area contributed by atoms with Gasteiger partial charge in [-0.05, 0) is 31.5 Å². The largest absolute Gasteiger partial charge is 0.493 e. The zero-order valence-corrected chi connectivity index (χ0v) is 26.7. The van der Waals surface area contributed by atoms with Crippen LogP contribution in [0.4, 0.5) is 0 Å². The predicted octanol–water partition coefficient (Wildman–Crippen LogP) is 2.06. The van der Waals surface area contributed by atoms with Crippen LogP contribution >= 0.6 is 0 Å². The molecule has 46 heavy (non-hydrogen) atoms. The molecule has 0 spiro atoms. The molecule has 2 N–H and O–H groups in total. The highest BCUT2D eigenvalue weighted by molar-refractivity contribution is 7.89. The number of benzene rings is 2. The monoisotopic (exact) mass is 651 g/mol. The number of hydrogen-bond acceptors (Lipinski definition) is 10. The van der Waals surface area contributed by atoms with Crippen molar-refractivity contribution in [2.24, 2.45) is 0 Å². The van der Waals surface area contributed by atoms with E-state index in [2.05, 4.69) is 26.1 Å². The van der Waals surface area contributed by atoms with Crippen LogP contribution in [-0.4, -0.2) is 84.1 Å². The van der Waals surface area contributed by atoms with Crippen molar-refractivity contribution in [3.05, 3.63) is 83.0 Å². The van der Waals surface area contributed by atoms with Crippen molar-refractivity contribution < 1.29 is 32.0 Å². The lowest BCUT2D eigenvalue weighted by Gasteiger charge is -2.23. The second-order valence-electron chi connectivity index (χ2n) is 10.8. The number of aromatic nitrogens is 4. The number of ether oxygens (including phenoxy) is 2. The van der Waals surface area contributed by atoms with Crippen LogP contribution in [0.3, 0.4) is 0 Å². The third-order valence-corrected chi connectivity index (χ3v) is 9.70. The summed E-state index contributed by atoms with van der Waals surface area (Å²) >= 11 is 0. The van der Waals surface area contributed by atoms with Gasteiger partial charge in [-0.2, -0.15) is 4.31 Å². The number of carbonyl (C=O) groups excluding carboxylic acids is 2. The highest BCUT2D eigenvalue weighted by Crippen LogP contribution is 2.31. The van der Waals surface area contributed by atoms with Crippen LogP contribution in [0.5, 0.6) is 11.5 Å². The molecule has 0 unspecified atom stereocenters. The van der Waals surface area contributed by atoms with E-state index in [1.54, 1.807) is 42.9 Å². The highest BCUT2D eigenvalue weighted by Gasteiger charge is 2.32. The molecule has 0 fully saturated rings. The van der Waals surface area contributed by atoms with E-state index in [4.69, 9.17) is 14.0 Å². The van der Waals surface area contributed by atoms with Gasteiger partial charge in [0.15, 0.2) is 17.3 Å². The number of rotatable bonds is 5. The molecule has 1 aliphatic heterocycles. The maximum atomic E-state index is 13.8. The molecule has 2 amide bonds. The van der Waals surface area contributed by atoms with Crippen LogP contribution in [0, 0.1) is 13.8 Å². The number of nitrogens with zero attached hydrogens (tertiary/aromatic N) is 5. The molecule has 0 saturated carbocycles. The molecule has 1 atom stereocenters. The number of sulfonamides is 1. The van der Waals surface area contributed by atoms with E-state index in [0.29, 0.717) is 24.4 Å². The molecule has 0 saturated heterocycles. The highest BCUT2D eigenvalue weighted by atomic mass is 32.2. The fourth-order valence-electron chi connectivity index (χ4n) is 5.25. The summed E-state index contributed by atoms with van der Waals surface area (Å²) in [5, 5.41) is 17.9. The van der Waals surface area contributed by atoms with E-state index < -0.39 is 27.9 Å². The number of hydrogen-bond donors (Lipinski definition) is 2. The minimum Gasteiger partial charge on any atom is -0.493 e. The van der Waals surface area contributed by atoms with Crippen LogP contribution in [0.1, 0.15) is 39.5 Å². The Morgan fingerprint density at radius 1 is 1.04 bits per heavy atom. The smallest absolute Gasteiger partial charge is 0.255 e.